The standard InChI is InChI=1S/C31H37N3O5/c1-18-15-19(2)26(20(3)16-18)34-30(38)32-25-17-23(22-11-9-8-10-12-22)13-14-24(25)28(35)33-27(29(36)37)21(4)39-31(5,6)7/h8-17,21,27H,1-7H3,(H,33,35)(H,36,37)(H2,32,34,38)/t21-,27+/m1/s1. The molecule has 3 rings (SSSR count). The Morgan fingerprint density at radius 1 is 0.846 bits per heavy atom. The highest BCUT2D eigenvalue weighted by atomic mass is 16.5. The molecule has 0 aliphatic heterocycles. The number of hydrogen-bond donors (Lipinski definition) is 4. The number of rotatable bonds is 8. The summed E-state index contributed by atoms with van der Waals surface area (Å²) in [6, 6.07) is 16.7. The number of carbonyl (C=O) groups excluding carboxylic acids is 2. The highest BCUT2D eigenvalue weighted by Gasteiger charge is 2.31. The maximum atomic E-state index is 13.4. The van der Waals surface area contributed by atoms with Crippen LogP contribution in [0.2, 0.25) is 0 Å². The van der Waals surface area contributed by atoms with E-state index in [1.54, 1.807) is 25.1 Å². The number of aryl methyl sites for hydroxylation is 3. The molecule has 0 aromatic heterocycles. The lowest BCUT2D eigenvalue weighted by molar-refractivity contribution is -0.146. The zero-order valence-electron chi connectivity index (χ0n) is 23.5. The van der Waals surface area contributed by atoms with Crippen LogP contribution < -0.4 is 16.0 Å². The number of carboxylic acid groups (broad SMARTS) is 1. The summed E-state index contributed by atoms with van der Waals surface area (Å²) in [5.74, 6) is -1.87. The van der Waals surface area contributed by atoms with Gasteiger partial charge in [-0.3, -0.25) is 4.79 Å². The third kappa shape index (κ3) is 7.91. The largest absolute Gasteiger partial charge is 0.480 e. The van der Waals surface area contributed by atoms with Crippen LogP contribution in [0.4, 0.5) is 16.2 Å². The molecule has 3 aromatic rings. The second kappa shape index (κ2) is 12.1. The van der Waals surface area contributed by atoms with Crippen LogP contribution in [-0.4, -0.2) is 40.8 Å². The van der Waals surface area contributed by atoms with Gasteiger partial charge < -0.3 is 25.8 Å². The molecule has 206 valence electrons. The topological polar surface area (TPSA) is 117 Å². The number of carbonyl (C=O) groups is 3. The summed E-state index contributed by atoms with van der Waals surface area (Å²) in [4.78, 5) is 38.5. The van der Waals surface area contributed by atoms with E-state index in [4.69, 9.17) is 4.74 Å². The third-order valence-corrected chi connectivity index (χ3v) is 6.10. The van der Waals surface area contributed by atoms with Crippen molar-refractivity contribution in [3.63, 3.8) is 0 Å². The number of urea groups is 1. The van der Waals surface area contributed by atoms with Crippen LogP contribution in [0.15, 0.2) is 60.7 Å². The lowest BCUT2D eigenvalue weighted by atomic mass is 10.0. The first kappa shape index (κ1) is 29.4. The minimum Gasteiger partial charge on any atom is -0.480 e. The summed E-state index contributed by atoms with van der Waals surface area (Å²) in [5, 5.41) is 18.1. The van der Waals surface area contributed by atoms with Gasteiger partial charge in [0.15, 0.2) is 6.04 Å². The number of amides is 3. The number of ether oxygens (including phenoxy) is 1. The molecule has 3 amide bonds. The SMILES string of the molecule is Cc1cc(C)c(NC(=O)Nc2cc(-c3ccccc3)ccc2C(=O)N[C@H](C(=O)O)[C@@H](C)OC(C)(C)C)c(C)c1. The van der Waals surface area contributed by atoms with Crippen LogP contribution in [0.5, 0.6) is 0 Å². The fraction of sp³-hybridized carbons (Fsp3) is 0.323. The first-order chi connectivity index (χ1) is 18.2. The Morgan fingerprint density at radius 3 is 2.03 bits per heavy atom. The molecule has 0 aliphatic carbocycles. The van der Waals surface area contributed by atoms with E-state index in [-0.39, 0.29) is 11.3 Å². The van der Waals surface area contributed by atoms with Crippen LogP contribution in [0.25, 0.3) is 11.1 Å². The Balaban J connectivity index is 1.94. The summed E-state index contributed by atoms with van der Waals surface area (Å²) in [5.41, 5.74) is 5.03. The van der Waals surface area contributed by atoms with Gasteiger partial charge in [0.1, 0.15) is 0 Å². The molecule has 0 unspecified atom stereocenters. The maximum Gasteiger partial charge on any atom is 0.328 e. The van der Waals surface area contributed by atoms with E-state index in [9.17, 15) is 19.5 Å². The van der Waals surface area contributed by atoms with Crippen LogP contribution in [-0.2, 0) is 9.53 Å². The second-order valence-electron chi connectivity index (χ2n) is 10.7. The highest BCUT2D eigenvalue weighted by Crippen LogP contribution is 2.27. The van der Waals surface area contributed by atoms with Gasteiger partial charge in [-0.25, -0.2) is 9.59 Å². The van der Waals surface area contributed by atoms with Gasteiger partial charge in [0.2, 0.25) is 0 Å². The van der Waals surface area contributed by atoms with E-state index in [2.05, 4.69) is 16.0 Å². The molecule has 3 aromatic carbocycles. The molecule has 0 saturated carbocycles. The molecule has 0 aliphatic rings. The summed E-state index contributed by atoms with van der Waals surface area (Å²) >= 11 is 0. The van der Waals surface area contributed by atoms with Crippen molar-refractivity contribution in [1.82, 2.24) is 5.32 Å². The van der Waals surface area contributed by atoms with E-state index in [1.165, 1.54) is 0 Å². The second-order valence-corrected chi connectivity index (χ2v) is 10.7. The molecule has 2 atom stereocenters. The minimum absolute atomic E-state index is 0.122. The lowest BCUT2D eigenvalue weighted by Crippen LogP contribution is -2.50. The molecule has 0 spiro atoms. The van der Waals surface area contributed by atoms with Gasteiger partial charge in [-0.1, -0.05) is 54.1 Å². The first-order valence-electron chi connectivity index (χ1n) is 12.8. The van der Waals surface area contributed by atoms with Gasteiger partial charge in [-0.2, -0.15) is 0 Å². The molecular weight excluding hydrogens is 494 g/mol. The van der Waals surface area contributed by atoms with Crippen LogP contribution >= 0.6 is 0 Å². The Hall–Kier alpha value is -4.17. The Kier molecular flexibility index (Phi) is 9.14. The van der Waals surface area contributed by atoms with Crippen molar-refractivity contribution < 1.29 is 24.2 Å². The first-order valence-corrected chi connectivity index (χ1v) is 12.8. The average molecular weight is 532 g/mol. The van der Waals surface area contributed by atoms with Crippen molar-refractivity contribution in [2.24, 2.45) is 0 Å². The van der Waals surface area contributed by atoms with E-state index in [0.717, 1.165) is 27.8 Å². The highest BCUT2D eigenvalue weighted by molar-refractivity contribution is 6.08. The normalized spacial score (nSPS) is 12.8. The minimum atomic E-state index is -1.30. The van der Waals surface area contributed by atoms with Gasteiger partial charge in [0, 0.05) is 5.69 Å². The lowest BCUT2D eigenvalue weighted by Gasteiger charge is -2.29. The van der Waals surface area contributed by atoms with E-state index in [0.29, 0.717) is 5.69 Å². The molecule has 0 radical (unpaired) electrons. The smallest absolute Gasteiger partial charge is 0.328 e. The zero-order chi connectivity index (χ0) is 28.9. The number of hydrogen-bond acceptors (Lipinski definition) is 4. The molecular formula is C31H37N3O5. The molecule has 0 fully saturated rings. The van der Waals surface area contributed by atoms with Crippen molar-refractivity contribution in [3.8, 4) is 11.1 Å². The Morgan fingerprint density at radius 2 is 1.46 bits per heavy atom. The fourth-order valence-corrected chi connectivity index (χ4v) is 4.52. The number of carboxylic acids is 1. The van der Waals surface area contributed by atoms with Crippen molar-refractivity contribution in [2.45, 2.75) is 66.2 Å². The quantitative estimate of drug-likeness (QED) is 0.272. The molecule has 8 heteroatoms. The number of nitrogens with one attached hydrogen (secondary N) is 3. The summed E-state index contributed by atoms with van der Waals surface area (Å²) in [6.45, 7) is 12.8. The summed E-state index contributed by atoms with van der Waals surface area (Å²) in [7, 11) is 0. The molecule has 0 bridgehead atoms. The van der Waals surface area contributed by atoms with Crippen LogP contribution in [0.3, 0.4) is 0 Å². The number of anilines is 2. The van der Waals surface area contributed by atoms with Crippen molar-refractivity contribution >= 4 is 29.3 Å². The van der Waals surface area contributed by atoms with Gasteiger partial charge >= 0.3 is 12.0 Å². The van der Waals surface area contributed by atoms with Crippen molar-refractivity contribution in [1.29, 1.82) is 0 Å². The molecule has 0 saturated heterocycles. The van der Waals surface area contributed by atoms with Gasteiger partial charge in [0.05, 0.1) is 23.0 Å². The van der Waals surface area contributed by atoms with Gasteiger partial charge in [0.25, 0.3) is 5.91 Å². The molecule has 8 nitrogen and oxygen atoms in total. The monoisotopic (exact) mass is 531 g/mol. The van der Waals surface area contributed by atoms with Crippen molar-refractivity contribution in [3.05, 3.63) is 82.9 Å². The predicted molar refractivity (Wildman–Crippen MR) is 154 cm³/mol. The van der Waals surface area contributed by atoms with Gasteiger partial charge in [-0.15, -0.1) is 0 Å². The third-order valence-electron chi connectivity index (χ3n) is 6.10. The molecule has 4 N–H and O–H groups in total. The van der Waals surface area contributed by atoms with Crippen LogP contribution in [0, 0.1) is 20.8 Å². The number of benzene rings is 3. The van der Waals surface area contributed by atoms with Crippen LogP contribution in [0.1, 0.15) is 54.7 Å². The maximum absolute atomic E-state index is 13.4. The van der Waals surface area contributed by atoms with E-state index < -0.39 is 35.7 Å². The molecule has 0 heterocycles. The van der Waals surface area contributed by atoms with Crippen molar-refractivity contribution in [2.75, 3.05) is 10.6 Å². The predicted octanol–water partition coefficient (Wildman–Crippen LogP) is 6.31. The van der Waals surface area contributed by atoms with E-state index >= 15 is 0 Å². The number of aliphatic carboxylic acids is 1. The van der Waals surface area contributed by atoms with Gasteiger partial charge in [-0.05, 0) is 82.9 Å². The molecule has 39 heavy (non-hydrogen) atoms. The summed E-state index contributed by atoms with van der Waals surface area (Å²) in [6.07, 6.45) is -0.803. The Bertz CT molecular complexity index is 1340. The zero-order valence-corrected chi connectivity index (χ0v) is 23.5. The van der Waals surface area contributed by atoms with E-state index in [1.807, 2.05) is 84.0 Å². The average Bonchev–Trinajstić information content (AvgIpc) is 2.83. The fourth-order valence-electron chi connectivity index (χ4n) is 4.52. The summed E-state index contributed by atoms with van der Waals surface area (Å²) < 4.78 is 5.79. The Labute approximate surface area is 229 Å².